The van der Waals surface area contributed by atoms with Crippen LogP contribution in [0, 0.1) is 10.1 Å². The maximum Gasteiger partial charge on any atom is 0.494 e. The molecule has 0 saturated heterocycles. The number of ether oxygens (including phenoxy) is 2. The highest BCUT2D eigenvalue weighted by molar-refractivity contribution is 5.20. The number of nitro groups is 1. The molecule has 0 amide bonds. The number of halogens is 3. The lowest BCUT2D eigenvalue weighted by molar-refractivity contribution is -0.394. The quantitative estimate of drug-likeness (QED) is 0.619. The summed E-state index contributed by atoms with van der Waals surface area (Å²) in [4.78, 5) is 17.0. The summed E-state index contributed by atoms with van der Waals surface area (Å²) in [5.41, 5.74) is -0.890. The standard InChI is InChI=1S/C11H8F3N5O4/c12-11(13,14)6-1-2-8(15-3-6)23-7-4-18-10(22-5-7)16-9(17-18)19(20)21/h1-3,7H,4-5H2. The Morgan fingerprint density at radius 3 is 2.83 bits per heavy atom. The first kappa shape index (κ1) is 15.0. The average molecular weight is 331 g/mol. The van der Waals surface area contributed by atoms with Gasteiger partial charge in [-0.1, -0.05) is 0 Å². The molecule has 1 unspecified atom stereocenters. The summed E-state index contributed by atoms with van der Waals surface area (Å²) in [7, 11) is 0. The van der Waals surface area contributed by atoms with Crippen LogP contribution in [0.5, 0.6) is 11.9 Å². The van der Waals surface area contributed by atoms with Crippen molar-refractivity contribution < 1.29 is 27.6 Å². The van der Waals surface area contributed by atoms with E-state index >= 15 is 0 Å². The smallest absolute Gasteiger partial charge is 0.469 e. The summed E-state index contributed by atoms with van der Waals surface area (Å²) in [6, 6.07) is 1.91. The zero-order valence-electron chi connectivity index (χ0n) is 11.2. The van der Waals surface area contributed by atoms with E-state index in [0.29, 0.717) is 6.20 Å². The van der Waals surface area contributed by atoms with Gasteiger partial charge in [0.2, 0.25) is 5.88 Å². The molecule has 0 radical (unpaired) electrons. The number of rotatable bonds is 3. The Balaban J connectivity index is 1.68. The van der Waals surface area contributed by atoms with E-state index in [1.807, 2.05) is 0 Å². The number of nitrogens with zero attached hydrogens (tertiary/aromatic N) is 5. The Bertz CT molecular complexity index is 730. The van der Waals surface area contributed by atoms with Crippen LogP contribution < -0.4 is 9.47 Å². The van der Waals surface area contributed by atoms with Gasteiger partial charge in [0.15, 0.2) is 6.10 Å². The van der Waals surface area contributed by atoms with Gasteiger partial charge in [0, 0.05) is 17.4 Å². The molecule has 0 bridgehead atoms. The summed E-state index contributed by atoms with van der Waals surface area (Å²) in [6.45, 7) is 0.109. The SMILES string of the molecule is O=[N+]([O-])c1nc2n(n1)CC(Oc1ccc(C(F)(F)F)cn1)CO2. The third-order valence-electron chi connectivity index (χ3n) is 2.92. The molecule has 0 spiro atoms. The molecule has 1 atom stereocenters. The molecule has 1 aliphatic rings. The van der Waals surface area contributed by atoms with Crippen molar-refractivity contribution in [3.8, 4) is 11.9 Å². The highest BCUT2D eigenvalue weighted by Gasteiger charge is 2.32. The summed E-state index contributed by atoms with van der Waals surface area (Å²) in [5, 5.41) is 14.2. The van der Waals surface area contributed by atoms with E-state index in [4.69, 9.17) is 9.47 Å². The van der Waals surface area contributed by atoms with Gasteiger partial charge in [-0.15, -0.1) is 4.68 Å². The first-order chi connectivity index (χ1) is 10.8. The molecule has 0 fully saturated rings. The van der Waals surface area contributed by atoms with Gasteiger partial charge in [-0.2, -0.15) is 13.2 Å². The topological polar surface area (TPSA) is 105 Å². The minimum Gasteiger partial charge on any atom is -0.469 e. The van der Waals surface area contributed by atoms with Gasteiger partial charge in [0.05, 0.1) is 5.56 Å². The molecule has 0 aromatic carbocycles. The zero-order valence-corrected chi connectivity index (χ0v) is 11.2. The van der Waals surface area contributed by atoms with Crippen LogP contribution in [0.4, 0.5) is 19.1 Å². The number of fused-ring (bicyclic) bond motifs is 1. The number of pyridine rings is 1. The number of alkyl halides is 3. The Morgan fingerprint density at radius 1 is 1.43 bits per heavy atom. The second-order valence-corrected chi connectivity index (χ2v) is 4.57. The second kappa shape index (κ2) is 5.37. The van der Waals surface area contributed by atoms with Gasteiger partial charge >= 0.3 is 18.1 Å². The monoisotopic (exact) mass is 331 g/mol. The molecule has 0 N–H and O–H groups in total. The predicted octanol–water partition coefficient (Wildman–Crippen LogP) is 1.44. The van der Waals surface area contributed by atoms with Crippen LogP contribution in [0.3, 0.4) is 0 Å². The molecule has 122 valence electrons. The lowest BCUT2D eigenvalue weighted by atomic mass is 10.3. The van der Waals surface area contributed by atoms with Crippen LogP contribution in [-0.4, -0.2) is 37.4 Å². The molecule has 9 nitrogen and oxygen atoms in total. The first-order valence-electron chi connectivity index (χ1n) is 6.25. The van der Waals surface area contributed by atoms with E-state index in [9.17, 15) is 23.3 Å². The van der Waals surface area contributed by atoms with E-state index in [-0.39, 0.29) is 25.0 Å². The van der Waals surface area contributed by atoms with Crippen LogP contribution in [0.1, 0.15) is 5.56 Å². The van der Waals surface area contributed by atoms with E-state index in [1.165, 1.54) is 0 Å². The second-order valence-electron chi connectivity index (χ2n) is 4.57. The summed E-state index contributed by atoms with van der Waals surface area (Å²) in [5.74, 6) is -0.627. The minimum absolute atomic E-state index is 0.0125. The Kier molecular flexibility index (Phi) is 3.50. The van der Waals surface area contributed by atoms with Crippen molar-refractivity contribution >= 4 is 5.95 Å². The molecule has 2 aromatic rings. The zero-order chi connectivity index (χ0) is 16.6. The van der Waals surface area contributed by atoms with Crippen molar-refractivity contribution in [3.63, 3.8) is 0 Å². The molecule has 3 rings (SSSR count). The fourth-order valence-corrected chi connectivity index (χ4v) is 1.89. The van der Waals surface area contributed by atoms with Crippen molar-refractivity contribution in [2.45, 2.75) is 18.8 Å². The fraction of sp³-hybridized carbons (Fsp3) is 0.364. The van der Waals surface area contributed by atoms with E-state index in [0.717, 1.165) is 16.8 Å². The Hall–Kier alpha value is -2.92. The first-order valence-corrected chi connectivity index (χ1v) is 6.25. The number of aromatic nitrogens is 4. The Labute approximate surface area is 125 Å². The van der Waals surface area contributed by atoms with Crippen molar-refractivity contribution in [1.82, 2.24) is 19.7 Å². The molecule has 0 aliphatic carbocycles. The van der Waals surface area contributed by atoms with E-state index < -0.39 is 28.7 Å². The van der Waals surface area contributed by atoms with Crippen molar-refractivity contribution in [3.05, 3.63) is 34.0 Å². The Morgan fingerprint density at radius 2 is 2.22 bits per heavy atom. The highest BCUT2D eigenvalue weighted by atomic mass is 19.4. The van der Waals surface area contributed by atoms with Crippen LogP contribution >= 0.6 is 0 Å². The van der Waals surface area contributed by atoms with Gasteiger partial charge in [0.25, 0.3) is 0 Å². The average Bonchev–Trinajstić information content (AvgIpc) is 2.90. The van der Waals surface area contributed by atoms with Crippen LogP contribution in [-0.2, 0) is 12.7 Å². The molecule has 23 heavy (non-hydrogen) atoms. The van der Waals surface area contributed by atoms with Gasteiger partial charge in [-0.3, -0.25) is 0 Å². The van der Waals surface area contributed by atoms with Gasteiger partial charge in [-0.25, -0.2) is 4.98 Å². The number of hydrogen-bond acceptors (Lipinski definition) is 7. The molecule has 1 aliphatic heterocycles. The maximum atomic E-state index is 12.4. The molecular weight excluding hydrogens is 323 g/mol. The summed E-state index contributed by atoms with van der Waals surface area (Å²) < 4.78 is 49.0. The lowest BCUT2D eigenvalue weighted by Gasteiger charge is -2.21. The third kappa shape index (κ3) is 3.14. The van der Waals surface area contributed by atoms with Gasteiger partial charge < -0.3 is 19.6 Å². The normalized spacial score (nSPS) is 17.3. The van der Waals surface area contributed by atoms with Gasteiger partial charge in [-0.05, 0) is 16.0 Å². The number of hydrogen-bond donors (Lipinski definition) is 0. The van der Waals surface area contributed by atoms with E-state index in [2.05, 4.69) is 15.1 Å². The molecular formula is C11H8F3N5O4. The van der Waals surface area contributed by atoms with Gasteiger partial charge in [0.1, 0.15) is 13.2 Å². The highest BCUT2D eigenvalue weighted by Crippen LogP contribution is 2.29. The van der Waals surface area contributed by atoms with Crippen LogP contribution in [0.25, 0.3) is 0 Å². The summed E-state index contributed by atoms with van der Waals surface area (Å²) >= 11 is 0. The third-order valence-corrected chi connectivity index (χ3v) is 2.92. The maximum absolute atomic E-state index is 12.4. The van der Waals surface area contributed by atoms with Crippen LogP contribution in [0.15, 0.2) is 18.3 Å². The van der Waals surface area contributed by atoms with Crippen LogP contribution in [0.2, 0.25) is 0 Å². The molecule has 0 saturated carbocycles. The predicted molar refractivity (Wildman–Crippen MR) is 65.8 cm³/mol. The largest absolute Gasteiger partial charge is 0.494 e. The summed E-state index contributed by atoms with van der Waals surface area (Å²) in [6.07, 6.45) is -4.44. The molecule has 2 aromatic heterocycles. The molecule has 12 heteroatoms. The fourth-order valence-electron chi connectivity index (χ4n) is 1.89. The van der Waals surface area contributed by atoms with Crippen molar-refractivity contribution in [2.75, 3.05) is 6.61 Å². The minimum atomic E-state index is -4.48. The molecule has 3 heterocycles. The van der Waals surface area contributed by atoms with Crippen molar-refractivity contribution in [1.29, 1.82) is 0 Å². The van der Waals surface area contributed by atoms with Crippen molar-refractivity contribution in [2.24, 2.45) is 0 Å². The lowest BCUT2D eigenvalue weighted by Crippen LogP contribution is -2.35. The van der Waals surface area contributed by atoms with E-state index in [1.54, 1.807) is 0 Å².